The van der Waals surface area contributed by atoms with Crippen LogP contribution in [0.3, 0.4) is 0 Å². The molecule has 2 fully saturated rings. The molecule has 5 rings (SSSR count). The van der Waals surface area contributed by atoms with Gasteiger partial charge in [-0.25, -0.2) is 9.59 Å². The number of hydrogen-bond acceptors (Lipinski definition) is 8. The van der Waals surface area contributed by atoms with Crippen molar-refractivity contribution in [1.29, 1.82) is 0 Å². The number of halogens is 1. The molecule has 0 bridgehead atoms. The number of aromatic nitrogens is 4. The quantitative estimate of drug-likeness (QED) is 0.411. The zero-order valence-electron chi connectivity index (χ0n) is 25.0. The number of nitrogens with one attached hydrogen (secondary N) is 2. The number of aliphatic carboxylic acids is 1. The van der Waals surface area contributed by atoms with Gasteiger partial charge in [-0.15, -0.1) is 10.2 Å². The summed E-state index contributed by atoms with van der Waals surface area (Å²) in [7, 11) is 0. The summed E-state index contributed by atoms with van der Waals surface area (Å²) in [5.74, 6) is -2.08. The number of carboxylic acids is 1. The molecule has 3 amide bonds. The summed E-state index contributed by atoms with van der Waals surface area (Å²) in [5.41, 5.74) is -1.45. The molecule has 1 aliphatic carbocycles. The predicted molar refractivity (Wildman–Crippen MR) is 162 cm³/mol. The van der Waals surface area contributed by atoms with Crippen molar-refractivity contribution in [3.8, 4) is 11.4 Å². The second kappa shape index (κ2) is 12.7. The van der Waals surface area contributed by atoms with E-state index < -0.39 is 53.1 Å². The normalized spacial score (nSPS) is 28.5. The van der Waals surface area contributed by atoms with Crippen LogP contribution in [0.25, 0.3) is 11.4 Å². The zero-order chi connectivity index (χ0) is 31.6. The van der Waals surface area contributed by atoms with E-state index in [4.69, 9.17) is 4.74 Å². The molecule has 0 spiro atoms. The van der Waals surface area contributed by atoms with Gasteiger partial charge in [-0.2, -0.15) is 4.80 Å². The minimum absolute atomic E-state index is 0.0705. The minimum Gasteiger partial charge on any atom is -0.479 e. The van der Waals surface area contributed by atoms with Gasteiger partial charge >= 0.3 is 12.1 Å². The van der Waals surface area contributed by atoms with Crippen LogP contribution in [-0.4, -0.2) is 83.9 Å². The Morgan fingerprint density at radius 2 is 2.00 bits per heavy atom. The molecule has 3 N–H and O–H groups in total. The third-order valence-electron chi connectivity index (χ3n) is 8.17. The number of amides is 3. The number of rotatable bonds is 4. The van der Waals surface area contributed by atoms with Crippen LogP contribution in [0.5, 0.6) is 0 Å². The maximum atomic E-state index is 14.1. The molecule has 1 saturated heterocycles. The number of alkyl carbamates (subject to hydrolysis) is 1. The van der Waals surface area contributed by atoms with E-state index in [9.17, 15) is 24.3 Å². The molecule has 0 unspecified atom stereocenters. The Hall–Kier alpha value is -3.81. The fourth-order valence-electron chi connectivity index (χ4n) is 5.82. The van der Waals surface area contributed by atoms with E-state index in [2.05, 4.69) is 42.0 Å². The monoisotopic (exact) mass is 671 g/mol. The average Bonchev–Trinajstić information content (AvgIpc) is 3.27. The van der Waals surface area contributed by atoms with Gasteiger partial charge < -0.3 is 25.4 Å². The van der Waals surface area contributed by atoms with Gasteiger partial charge in [0, 0.05) is 28.9 Å². The molecular formula is C30H38BrN7O6. The summed E-state index contributed by atoms with van der Waals surface area (Å²) in [6.07, 6.45) is 6.94. The largest absolute Gasteiger partial charge is 0.479 e. The Bertz CT molecular complexity index is 1460. The summed E-state index contributed by atoms with van der Waals surface area (Å²) in [4.78, 5) is 55.8. The van der Waals surface area contributed by atoms with Crippen LogP contribution >= 0.6 is 15.9 Å². The highest BCUT2D eigenvalue weighted by atomic mass is 79.9. The summed E-state index contributed by atoms with van der Waals surface area (Å²) < 4.78 is 6.29. The second-order valence-corrected chi connectivity index (χ2v) is 13.6. The molecule has 1 saturated carbocycles. The number of ether oxygens (including phenoxy) is 1. The van der Waals surface area contributed by atoms with Gasteiger partial charge in [0.25, 0.3) is 0 Å². The summed E-state index contributed by atoms with van der Waals surface area (Å²) in [5, 5.41) is 28.5. The Kier molecular flexibility index (Phi) is 9.10. The Morgan fingerprint density at radius 3 is 2.73 bits per heavy atom. The molecule has 5 atom stereocenters. The maximum Gasteiger partial charge on any atom is 0.408 e. The van der Waals surface area contributed by atoms with Crippen LogP contribution in [0.2, 0.25) is 0 Å². The molecule has 2 aromatic rings. The van der Waals surface area contributed by atoms with E-state index >= 15 is 0 Å². The van der Waals surface area contributed by atoms with Gasteiger partial charge in [0.05, 0.1) is 6.04 Å². The lowest BCUT2D eigenvalue weighted by Crippen LogP contribution is -2.56. The van der Waals surface area contributed by atoms with Crippen molar-refractivity contribution in [2.24, 2.45) is 5.92 Å². The molecule has 44 heavy (non-hydrogen) atoms. The van der Waals surface area contributed by atoms with Crippen LogP contribution in [0.1, 0.15) is 71.8 Å². The van der Waals surface area contributed by atoms with E-state index in [1.54, 1.807) is 20.8 Å². The highest BCUT2D eigenvalue weighted by Gasteiger charge is 2.61. The number of hydrogen-bond donors (Lipinski definition) is 3. The molecule has 13 nitrogen and oxygen atoms in total. The molecule has 2 aliphatic heterocycles. The minimum atomic E-state index is -1.42. The van der Waals surface area contributed by atoms with Crippen molar-refractivity contribution in [1.82, 2.24) is 35.7 Å². The summed E-state index contributed by atoms with van der Waals surface area (Å²) >= 11 is 3.44. The lowest BCUT2D eigenvalue weighted by molar-refractivity contribution is -0.145. The zero-order valence-corrected chi connectivity index (χ0v) is 26.6. The average molecular weight is 673 g/mol. The first-order chi connectivity index (χ1) is 20.9. The van der Waals surface area contributed by atoms with Gasteiger partial charge in [-0.1, -0.05) is 53.1 Å². The van der Waals surface area contributed by atoms with E-state index in [0.717, 1.165) is 29.3 Å². The Labute approximate surface area is 263 Å². The van der Waals surface area contributed by atoms with Crippen LogP contribution in [0, 0.1) is 5.92 Å². The molecular weight excluding hydrogens is 634 g/mol. The number of benzene rings is 1. The van der Waals surface area contributed by atoms with Crippen LogP contribution in [0.4, 0.5) is 4.79 Å². The van der Waals surface area contributed by atoms with Crippen molar-refractivity contribution in [2.45, 2.75) is 95.0 Å². The summed E-state index contributed by atoms with van der Waals surface area (Å²) in [6.45, 7) is 5.28. The second-order valence-electron chi connectivity index (χ2n) is 12.7. The molecule has 3 aliphatic rings. The Balaban J connectivity index is 1.44. The fourth-order valence-corrected chi connectivity index (χ4v) is 6.22. The van der Waals surface area contributed by atoms with Crippen molar-refractivity contribution in [3.63, 3.8) is 0 Å². The number of fused-ring (bicyclic) bond motifs is 2. The Morgan fingerprint density at radius 1 is 1.20 bits per heavy atom. The third kappa shape index (κ3) is 7.11. The molecule has 1 aromatic heterocycles. The molecule has 0 radical (unpaired) electrons. The number of nitrogens with zero attached hydrogens (tertiary/aromatic N) is 5. The van der Waals surface area contributed by atoms with Crippen molar-refractivity contribution in [2.75, 3.05) is 6.54 Å². The highest BCUT2D eigenvalue weighted by Crippen LogP contribution is 2.45. The van der Waals surface area contributed by atoms with Crippen LogP contribution in [-0.2, 0) is 19.1 Å². The maximum absolute atomic E-state index is 14.1. The highest BCUT2D eigenvalue weighted by molar-refractivity contribution is 9.10. The van der Waals surface area contributed by atoms with Crippen molar-refractivity contribution >= 4 is 39.8 Å². The topological polar surface area (TPSA) is 169 Å². The van der Waals surface area contributed by atoms with Gasteiger partial charge in [0.1, 0.15) is 23.2 Å². The predicted octanol–water partition coefficient (Wildman–Crippen LogP) is 3.62. The molecule has 1 aromatic carbocycles. The van der Waals surface area contributed by atoms with E-state index in [0.29, 0.717) is 18.7 Å². The van der Waals surface area contributed by atoms with Gasteiger partial charge in [-0.05, 0) is 63.8 Å². The fraction of sp³-hybridized carbons (Fsp3) is 0.567. The first kappa shape index (κ1) is 31.6. The van der Waals surface area contributed by atoms with E-state index in [1.165, 1.54) is 9.70 Å². The number of carbonyl (C=O) groups is 4. The number of carbonyl (C=O) groups excluding carboxylic acids is 3. The molecule has 14 heteroatoms. The van der Waals surface area contributed by atoms with Gasteiger partial charge in [-0.3, -0.25) is 9.59 Å². The van der Waals surface area contributed by atoms with Crippen molar-refractivity contribution in [3.05, 3.63) is 40.9 Å². The third-order valence-corrected chi connectivity index (χ3v) is 8.66. The first-order valence-corrected chi connectivity index (χ1v) is 15.7. The molecule has 3 heterocycles. The van der Waals surface area contributed by atoms with Gasteiger partial charge in [0.2, 0.25) is 17.6 Å². The van der Waals surface area contributed by atoms with E-state index in [1.807, 2.05) is 36.4 Å². The van der Waals surface area contributed by atoms with Crippen LogP contribution < -0.4 is 10.6 Å². The van der Waals surface area contributed by atoms with Crippen molar-refractivity contribution < 1.29 is 29.0 Å². The smallest absolute Gasteiger partial charge is 0.408 e. The lowest BCUT2D eigenvalue weighted by Gasteiger charge is -2.30. The number of carboxylic acid groups (broad SMARTS) is 1. The molecule has 236 valence electrons. The first-order valence-electron chi connectivity index (χ1n) is 14.9. The summed E-state index contributed by atoms with van der Waals surface area (Å²) in [6, 6.07) is 4.97. The SMILES string of the molecule is CC(C)(C)OC(=O)N[C@H]1CCCCC/C=C\[C@@H]2C[C@@]2(C(=O)O)NC(=O)[C@@H]2C[C@@H](n3nnc(-c4cccc(Br)c4)n3)CN2C1=O. The standard InChI is InChI=1S/C30H38BrN7O6/c1-29(2,3)44-28(43)32-22-13-8-6-4-5-7-11-19-16-30(19,27(41)42)33-25(39)23-15-21(17-37(23)26(22)40)38-35-24(34-36-38)18-10-9-12-20(31)14-18/h7,9-12,14,19,21-23H,4-6,8,13,15-17H2,1-3H3,(H,32,43)(H,33,39)(H,41,42)/b11-7-/t19-,21-,22+,23+,30-/m1/s1. The van der Waals surface area contributed by atoms with Crippen LogP contribution in [0.15, 0.2) is 40.9 Å². The van der Waals surface area contributed by atoms with E-state index in [-0.39, 0.29) is 25.3 Å². The van der Waals surface area contributed by atoms with Gasteiger partial charge in [0.15, 0.2) is 0 Å². The number of tetrazole rings is 1. The number of allylic oxidation sites excluding steroid dienone is 1. The lowest BCUT2D eigenvalue weighted by atomic mass is 10.0.